The van der Waals surface area contributed by atoms with Crippen LogP contribution in [0.3, 0.4) is 0 Å². The first-order chi connectivity index (χ1) is 36.4. The van der Waals surface area contributed by atoms with Crippen LogP contribution in [0.2, 0.25) is 0 Å². The summed E-state index contributed by atoms with van der Waals surface area (Å²) in [4.78, 5) is 8.17. The van der Waals surface area contributed by atoms with E-state index < -0.39 is 0 Å². The molecule has 0 saturated heterocycles. The van der Waals surface area contributed by atoms with Crippen molar-refractivity contribution in [2.24, 2.45) is 5.41 Å². The first kappa shape index (κ1) is 49.8. The predicted molar refractivity (Wildman–Crippen MR) is 332 cm³/mol. The largest absolute Gasteiger partial charge is 0.334 e. The Kier molecular flexibility index (Phi) is 10.9. The Morgan fingerprint density at radius 1 is 0.442 bits per heavy atom. The SMILES string of the molecule is Cc1cc2c3c(c1)N(c1ccc(C(C)(C)C)cc1-c1ccccc1)c1cc4c(cc1B3c1ccc(N3c5ccc(C(C)(C)C)cc5C5(C)CCCC35C)cc1N2c1ccc(C(C)(C)C)cc1-c1ccccc1)CC(C)(C)C4. The molecule has 3 nitrogen and oxygen atoms in total. The van der Waals surface area contributed by atoms with Gasteiger partial charge < -0.3 is 14.7 Å². The third-order valence-electron chi connectivity index (χ3n) is 19.2. The summed E-state index contributed by atoms with van der Waals surface area (Å²) >= 11 is 0. The molecule has 2 atom stereocenters. The van der Waals surface area contributed by atoms with Crippen LogP contribution in [-0.2, 0) is 34.5 Å². The van der Waals surface area contributed by atoms with Crippen LogP contribution in [0.4, 0.5) is 45.5 Å². The van der Waals surface area contributed by atoms with Crippen molar-refractivity contribution in [3.8, 4) is 22.3 Å². The molecule has 0 amide bonds. The van der Waals surface area contributed by atoms with E-state index in [4.69, 9.17) is 0 Å². The fraction of sp³-hybridized carbons (Fsp3) is 0.342. The maximum atomic E-state index is 2.79. The van der Waals surface area contributed by atoms with Crippen molar-refractivity contribution in [2.45, 2.75) is 156 Å². The van der Waals surface area contributed by atoms with Crippen LogP contribution in [0, 0.1) is 12.3 Å². The molecule has 3 aliphatic heterocycles. The molecular formula is C73H78BN3. The lowest BCUT2D eigenvalue weighted by atomic mass is 9.33. The van der Waals surface area contributed by atoms with Crippen LogP contribution < -0.4 is 31.1 Å². The van der Waals surface area contributed by atoms with E-state index in [0.717, 1.165) is 19.3 Å². The van der Waals surface area contributed by atoms with Crippen LogP contribution in [0.5, 0.6) is 0 Å². The molecule has 0 radical (unpaired) electrons. The molecule has 13 rings (SSSR count). The van der Waals surface area contributed by atoms with E-state index in [1.807, 2.05) is 0 Å². The maximum absolute atomic E-state index is 2.79. The van der Waals surface area contributed by atoms with Crippen molar-refractivity contribution in [2.75, 3.05) is 14.7 Å². The second-order valence-corrected chi connectivity index (χ2v) is 28.2. The number of hydrogen-bond acceptors (Lipinski definition) is 3. The van der Waals surface area contributed by atoms with Crippen molar-refractivity contribution in [3.05, 3.63) is 197 Å². The number of rotatable bonds is 5. The van der Waals surface area contributed by atoms with Gasteiger partial charge in [0.15, 0.2) is 0 Å². The van der Waals surface area contributed by atoms with Gasteiger partial charge in [0.1, 0.15) is 0 Å². The molecule has 8 aromatic rings. The Morgan fingerprint density at radius 2 is 0.935 bits per heavy atom. The topological polar surface area (TPSA) is 9.72 Å². The van der Waals surface area contributed by atoms with Crippen molar-refractivity contribution in [1.82, 2.24) is 0 Å². The first-order valence-electron chi connectivity index (χ1n) is 28.8. The number of fused-ring (bicyclic) bond motifs is 8. The zero-order chi connectivity index (χ0) is 53.9. The molecular weight excluding hydrogens is 930 g/mol. The van der Waals surface area contributed by atoms with Gasteiger partial charge in [0.25, 0.3) is 6.71 Å². The summed E-state index contributed by atoms with van der Waals surface area (Å²) in [5.41, 5.74) is 29.2. The predicted octanol–water partition coefficient (Wildman–Crippen LogP) is 17.8. The van der Waals surface area contributed by atoms with Gasteiger partial charge in [-0.05, 0) is 188 Å². The molecule has 388 valence electrons. The summed E-state index contributed by atoms with van der Waals surface area (Å²) in [5.74, 6) is 0. The minimum Gasteiger partial charge on any atom is -0.334 e. The van der Waals surface area contributed by atoms with E-state index in [9.17, 15) is 0 Å². The second kappa shape index (κ2) is 16.9. The van der Waals surface area contributed by atoms with Gasteiger partial charge in [-0.25, -0.2) is 0 Å². The van der Waals surface area contributed by atoms with Crippen molar-refractivity contribution < 1.29 is 0 Å². The molecule has 77 heavy (non-hydrogen) atoms. The molecule has 2 aliphatic carbocycles. The molecule has 8 aromatic carbocycles. The number of anilines is 8. The van der Waals surface area contributed by atoms with Crippen molar-refractivity contribution in [1.29, 1.82) is 0 Å². The number of benzene rings is 8. The fourth-order valence-corrected chi connectivity index (χ4v) is 14.9. The highest BCUT2D eigenvalue weighted by atomic mass is 15.3. The van der Waals surface area contributed by atoms with Gasteiger partial charge in [0.05, 0.1) is 16.9 Å². The molecule has 1 fully saturated rings. The van der Waals surface area contributed by atoms with Crippen molar-refractivity contribution >= 4 is 68.6 Å². The second-order valence-electron chi connectivity index (χ2n) is 28.2. The third kappa shape index (κ3) is 7.65. The highest BCUT2D eigenvalue weighted by molar-refractivity contribution is 7.00. The minimum absolute atomic E-state index is 0.00301. The Morgan fingerprint density at radius 3 is 1.47 bits per heavy atom. The number of hydrogen-bond donors (Lipinski definition) is 0. The van der Waals surface area contributed by atoms with E-state index in [1.54, 1.807) is 0 Å². The first-order valence-corrected chi connectivity index (χ1v) is 28.8. The Hall–Kier alpha value is -6.78. The van der Waals surface area contributed by atoms with Gasteiger partial charge >= 0.3 is 0 Å². The summed E-state index contributed by atoms with van der Waals surface area (Å²) in [7, 11) is 0. The smallest absolute Gasteiger partial charge is 0.252 e. The highest BCUT2D eigenvalue weighted by Crippen LogP contribution is 2.63. The lowest BCUT2D eigenvalue weighted by molar-refractivity contribution is 0.330. The zero-order valence-electron chi connectivity index (χ0n) is 48.5. The quantitative estimate of drug-likeness (QED) is 0.159. The molecule has 0 aromatic heterocycles. The summed E-state index contributed by atoms with van der Waals surface area (Å²) < 4.78 is 0. The van der Waals surface area contributed by atoms with Crippen LogP contribution in [0.15, 0.2) is 158 Å². The minimum atomic E-state index is -0.0882. The van der Waals surface area contributed by atoms with E-state index in [0.29, 0.717) is 0 Å². The average molecular weight is 1010 g/mol. The van der Waals surface area contributed by atoms with Gasteiger partial charge in [-0.15, -0.1) is 0 Å². The lowest BCUT2D eigenvalue weighted by Crippen LogP contribution is -2.61. The van der Waals surface area contributed by atoms with Gasteiger partial charge in [-0.1, -0.05) is 187 Å². The molecule has 0 N–H and O–H groups in total. The normalized spacial score (nSPS) is 19.9. The molecule has 0 spiro atoms. The molecule has 4 heteroatoms. The van der Waals surface area contributed by atoms with Crippen molar-refractivity contribution in [3.63, 3.8) is 0 Å². The van der Waals surface area contributed by atoms with Crippen LogP contribution in [0.25, 0.3) is 22.3 Å². The van der Waals surface area contributed by atoms with E-state index in [2.05, 4.69) is 269 Å². The summed E-state index contributed by atoms with van der Waals surface area (Å²) in [5, 5.41) is 0. The van der Waals surface area contributed by atoms with Gasteiger partial charge in [-0.2, -0.15) is 0 Å². The molecule has 3 heterocycles. The Bertz CT molecular complexity index is 3710. The Balaban J connectivity index is 1.13. The maximum Gasteiger partial charge on any atom is 0.252 e. The van der Waals surface area contributed by atoms with E-state index in [1.165, 1.54) is 136 Å². The zero-order valence-corrected chi connectivity index (χ0v) is 48.5. The van der Waals surface area contributed by atoms with Gasteiger partial charge in [0, 0.05) is 50.7 Å². The highest BCUT2D eigenvalue weighted by Gasteiger charge is 2.60. The average Bonchev–Trinajstić information content (AvgIpc) is 4.08. The lowest BCUT2D eigenvalue weighted by Gasteiger charge is -2.46. The Labute approximate surface area is 461 Å². The summed E-state index contributed by atoms with van der Waals surface area (Å²) in [6.45, 7) is 33.5. The van der Waals surface area contributed by atoms with Crippen LogP contribution >= 0.6 is 0 Å². The third-order valence-corrected chi connectivity index (χ3v) is 19.2. The van der Waals surface area contributed by atoms with Crippen LogP contribution in [-0.4, -0.2) is 12.3 Å². The molecule has 0 bridgehead atoms. The monoisotopic (exact) mass is 1010 g/mol. The van der Waals surface area contributed by atoms with E-state index >= 15 is 0 Å². The van der Waals surface area contributed by atoms with Gasteiger partial charge in [0.2, 0.25) is 0 Å². The molecule has 1 saturated carbocycles. The summed E-state index contributed by atoms with van der Waals surface area (Å²) in [6, 6.07) is 62.4. The number of aryl methyl sites for hydroxylation is 1. The molecule has 5 aliphatic rings. The summed E-state index contributed by atoms with van der Waals surface area (Å²) in [6.07, 6.45) is 5.71. The van der Waals surface area contributed by atoms with E-state index in [-0.39, 0.29) is 39.3 Å². The standard InChI is InChI=1S/C73H78BN3/c1-46-36-65-67-66(37-46)76(61-32-27-52(69(5,6)7)41-56(61)48-24-19-16-20-25-48)64-43-54(77-62-33-28-53(70(8,9)10)42-57(62)72(13)34-21-35-73(72,77)14)29-30-58(64)74(67)59-38-49-44-71(11,12)45-50(49)39-63(59)75(65)60-31-26-51(68(2,3)4)40-55(60)47-22-17-15-18-23-47/h15-20,22-33,36-43H,21,34-35,44-45H2,1-14H3. The van der Waals surface area contributed by atoms with Gasteiger partial charge in [-0.3, -0.25) is 0 Å². The van der Waals surface area contributed by atoms with Crippen LogP contribution in [0.1, 0.15) is 148 Å². The fourth-order valence-electron chi connectivity index (χ4n) is 14.9. The molecule has 2 unspecified atom stereocenters. The number of nitrogens with zero attached hydrogens (tertiary/aromatic N) is 3.